The van der Waals surface area contributed by atoms with Gasteiger partial charge in [0.05, 0.1) is 26.4 Å². The molecule has 3 aromatic heterocycles. The third-order valence-electron chi connectivity index (χ3n) is 9.04. The summed E-state index contributed by atoms with van der Waals surface area (Å²) in [4.78, 5) is 13.8. The van der Waals surface area contributed by atoms with Crippen LogP contribution in [0.5, 0.6) is 5.88 Å². The summed E-state index contributed by atoms with van der Waals surface area (Å²) in [7, 11) is -2.35. The van der Waals surface area contributed by atoms with Gasteiger partial charge in [0, 0.05) is 66.8 Å². The van der Waals surface area contributed by atoms with E-state index >= 15 is 0 Å². The zero-order valence-electron chi connectivity index (χ0n) is 22.2. The van der Waals surface area contributed by atoms with Crippen molar-refractivity contribution in [2.75, 3.05) is 33.4 Å². The predicted molar refractivity (Wildman–Crippen MR) is 148 cm³/mol. The van der Waals surface area contributed by atoms with Crippen LogP contribution in [0.2, 0.25) is 0 Å². The molecule has 204 valence electrons. The topological polar surface area (TPSA) is 89.8 Å². The standard InChI is InChI=1S/C29H33N5O4S/c1-29(39(35,36)33-13-9-20-4-3-11-31-28(20)33)10-7-22(15-26(29)21-8-12-30-27(14-21)37-2)32-16-23-5-6-24(17-32)34(23)25-18-38-19-25/h3-4,7-15,23-26H,5-6,16-19H2,1-2H3. The minimum atomic E-state index is -3.92. The summed E-state index contributed by atoms with van der Waals surface area (Å²) in [6.45, 7) is 5.34. The number of aromatic nitrogens is 3. The highest BCUT2D eigenvalue weighted by molar-refractivity contribution is 7.91. The van der Waals surface area contributed by atoms with Gasteiger partial charge in [-0.25, -0.2) is 22.4 Å². The van der Waals surface area contributed by atoms with Gasteiger partial charge in [-0.1, -0.05) is 12.2 Å². The van der Waals surface area contributed by atoms with E-state index in [1.807, 2.05) is 36.4 Å². The lowest BCUT2D eigenvalue weighted by Gasteiger charge is -2.49. The zero-order chi connectivity index (χ0) is 26.8. The first kappa shape index (κ1) is 24.8. The fourth-order valence-corrected chi connectivity index (χ4v) is 8.64. The number of rotatable bonds is 6. The van der Waals surface area contributed by atoms with Gasteiger partial charge in [0.15, 0.2) is 5.65 Å². The Kier molecular flexibility index (Phi) is 5.84. The van der Waals surface area contributed by atoms with Crippen LogP contribution in [0, 0.1) is 0 Å². The Hall–Kier alpha value is -3.21. The third kappa shape index (κ3) is 3.83. The van der Waals surface area contributed by atoms with Crippen LogP contribution < -0.4 is 4.74 Å². The van der Waals surface area contributed by atoms with Crippen LogP contribution in [-0.4, -0.2) is 88.4 Å². The maximum absolute atomic E-state index is 14.4. The molecule has 3 aromatic rings. The largest absolute Gasteiger partial charge is 0.481 e. The van der Waals surface area contributed by atoms with Crippen LogP contribution in [0.1, 0.15) is 31.2 Å². The summed E-state index contributed by atoms with van der Waals surface area (Å²) in [6.07, 6.45) is 13.3. The van der Waals surface area contributed by atoms with E-state index in [2.05, 4.69) is 25.8 Å². The van der Waals surface area contributed by atoms with Crippen molar-refractivity contribution in [2.45, 2.75) is 48.6 Å². The van der Waals surface area contributed by atoms with Crippen LogP contribution >= 0.6 is 0 Å². The first-order valence-electron chi connectivity index (χ1n) is 13.6. The molecule has 9 nitrogen and oxygen atoms in total. The fourth-order valence-electron chi connectivity index (χ4n) is 6.85. The Labute approximate surface area is 228 Å². The van der Waals surface area contributed by atoms with Crippen molar-refractivity contribution in [1.82, 2.24) is 23.7 Å². The van der Waals surface area contributed by atoms with E-state index in [4.69, 9.17) is 9.47 Å². The van der Waals surface area contributed by atoms with Gasteiger partial charge in [0.25, 0.3) is 0 Å². The summed E-state index contributed by atoms with van der Waals surface area (Å²) < 4.78 is 39.9. The molecule has 4 atom stereocenters. The molecule has 39 heavy (non-hydrogen) atoms. The number of hydrogen-bond donors (Lipinski definition) is 0. The second-order valence-electron chi connectivity index (χ2n) is 11.2. The lowest BCUT2D eigenvalue weighted by molar-refractivity contribution is -0.0973. The summed E-state index contributed by atoms with van der Waals surface area (Å²) in [5, 5.41) is 0.785. The number of likely N-dealkylation sites (tertiary alicyclic amines) is 1. The van der Waals surface area contributed by atoms with Crippen LogP contribution in [0.4, 0.5) is 0 Å². The van der Waals surface area contributed by atoms with Crippen molar-refractivity contribution in [2.24, 2.45) is 0 Å². The van der Waals surface area contributed by atoms with Gasteiger partial charge in [-0.2, -0.15) is 0 Å². The van der Waals surface area contributed by atoms with Gasteiger partial charge in [-0.05, 0) is 55.7 Å². The highest BCUT2D eigenvalue weighted by atomic mass is 32.2. The van der Waals surface area contributed by atoms with Gasteiger partial charge >= 0.3 is 0 Å². The molecule has 0 aromatic carbocycles. The molecule has 4 aliphatic rings. The number of allylic oxidation sites excluding steroid dienone is 2. The lowest BCUT2D eigenvalue weighted by atomic mass is 9.82. The van der Waals surface area contributed by atoms with Crippen molar-refractivity contribution >= 4 is 21.1 Å². The molecular formula is C29H33N5O4S. The smallest absolute Gasteiger partial charge is 0.250 e. The molecule has 1 aliphatic carbocycles. The Bertz CT molecular complexity index is 1560. The maximum Gasteiger partial charge on any atom is 0.250 e. The van der Waals surface area contributed by atoms with E-state index < -0.39 is 20.7 Å². The fraction of sp³-hybridized carbons (Fsp3) is 0.448. The molecule has 0 spiro atoms. The molecule has 3 fully saturated rings. The second-order valence-corrected chi connectivity index (χ2v) is 13.4. The summed E-state index contributed by atoms with van der Waals surface area (Å²) in [5.74, 6) is -0.00418. The van der Waals surface area contributed by atoms with Crippen molar-refractivity contribution in [3.8, 4) is 5.88 Å². The van der Waals surface area contributed by atoms with Crippen LogP contribution in [0.25, 0.3) is 11.0 Å². The normalized spacial score (nSPS) is 29.4. The Morgan fingerprint density at radius 1 is 1.05 bits per heavy atom. The molecule has 0 amide bonds. The summed E-state index contributed by atoms with van der Waals surface area (Å²) in [6, 6.07) is 10.8. The molecule has 0 N–H and O–H groups in total. The Morgan fingerprint density at radius 2 is 1.85 bits per heavy atom. The molecule has 2 bridgehead atoms. The van der Waals surface area contributed by atoms with Crippen molar-refractivity contribution in [3.63, 3.8) is 0 Å². The maximum atomic E-state index is 14.4. The van der Waals surface area contributed by atoms with Crippen molar-refractivity contribution in [3.05, 3.63) is 78.4 Å². The Morgan fingerprint density at radius 3 is 2.56 bits per heavy atom. The molecule has 10 heteroatoms. The number of fused-ring (bicyclic) bond motifs is 3. The average Bonchev–Trinajstić information content (AvgIpc) is 3.46. The molecule has 0 saturated carbocycles. The first-order chi connectivity index (χ1) is 18.9. The van der Waals surface area contributed by atoms with Crippen LogP contribution in [0.15, 0.2) is 72.8 Å². The number of pyridine rings is 2. The van der Waals surface area contributed by atoms with E-state index in [0.717, 1.165) is 42.9 Å². The van der Waals surface area contributed by atoms with E-state index in [9.17, 15) is 8.42 Å². The van der Waals surface area contributed by atoms with Gasteiger partial charge in [-0.3, -0.25) is 4.90 Å². The van der Waals surface area contributed by atoms with Crippen molar-refractivity contribution in [1.29, 1.82) is 0 Å². The van der Waals surface area contributed by atoms with Crippen LogP contribution in [-0.2, 0) is 14.8 Å². The molecule has 6 heterocycles. The number of hydrogen-bond acceptors (Lipinski definition) is 8. The average molecular weight is 548 g/mol. The molecular weight excluding hydrogens is 514 g/mol. The molecule has 3 saturated heterocycles. The minimum absolute atomic E-state index is 0.431. The second kappa shape index (κ2) is 9.18. The van der Waals surface area contributed by atoms with Crippen LogP contribution in [0.3, 0.4) is 0 Å². The monoisotopic (exact) mass is 547 g/mol. The lowest BCUT2D eigenvalue weighted by Crippen LogP contribution is -2.61. The molecule has 0 radical (unpaired) electrons. The SMILES string of the molecule is COc1cc(C2C=C(N3CC4CCC(C3)N4C3COC3)C=CC2(C)S(=O)(=O)n2ccc3cccnc32)ccn1. The van der Waals surface area contributed by atoms with E-state index in [0.29, 0.717) is 29.7 Å². The predicted octanol–water partition coefficient (Wildman–Crippen LogP) is 3.16. The minimum Gasteiger partial charge on any atom is -0.481 e. The van der Waals surface area contributed by atoms with E-state index in [-0.39, 0.29) is 0 Å². The zero-order valence-corrected chi connectivity index (χ0v) is 23.0. The summed E-state index contributed by atoms with van der Waals surface area (Å²) in [5.41, 5.74) is 2.34. The van der Waals surface area contributed by atoms with Gasteiger partial charge in [0.1, 0.15) is 4.75 Å². The molecule has 4 unspecified atom stereocenters. The Balaban J connectivity index is 1.28. The highest BCUT2D eigenvalue weighted by Crippen LogP contribution is 2.45. The van der Waals surface area contributed by atoms with E-state index in [1.54, 1.807) is 38.7 Å². The highest BCUT2D eigenvalue weighted by Gasteiger charge is 2.49. The summed E-state index contributed by atoms with van der Waals surface area (Å²) >= 11 is 0. The van der Waals surface area contributed by atoms with E-state index in [1.165, 1.54) is 16.8 Å². The van der Waals surface area contributed by atoms with Gasteiger partial charge in [0.2, 0.25) is 15.9 Å². The number of ether oxygens (including phenoxy) is 2. The number of piperazine rings is 1. The molecule has 3 aliphatic heterocycles. The number of nitrogens with zero attached hydrogens (tertiary/aromatic N) is 5. The third-order valence-corrected chi connectivity index (χ3v) is 11.4. The first-order valence-corrected chi connectivity index (χ1v) is 15.0. The van der Waals surface area contributed by atoms with Crippen molar-refractivity contribution < 1.29 is 17.9 Å². The molecule has 7 rings (SSSR count). The van der Waals surface area contributed by atoms with Gasteiger partial charge < -0.3 is 14.4 Å². The quantitative estimate of drug-likeness (QED) is 0.465. The number of methoxy groups -OCH3 is 1. The van der Waals surface area contributed by atoms with Gasteiger partial charge in [-0.15, -0.1) is 0 Å².